The molecule has 167 valence electrons. The fourth-order valence-corrected chi connectivity index (χ4v) is 3.28. The Morgan fingerprint density at radius 3 is 1.52 bits per heavy atom. The van der Waals surface area contributed by atoms with Crippen molar-refractivity contribution in [3.05, 3.63) is 114 Å². The summed E-state index contributed by atoms with van der Waals surface area (Å²) in [6.45, 7) is 1.21. The molecule has 4 rings (SSSR count). The monoisotopic (exact) mass is 445 g/mol. The molecule has 0 N–H and O–H groups in total. The number of ether oxygens (including phenoxy) is 4. The Hall–Kier alpha value is -3.97. The normalized spacial score (nSPS) is 19.8. The summed E-state index contributed by atoms with van der Waals surface area (Å²) < 4.78 is 22.2. The van der Waals surface area contributed by atoms with Crippen LogP contribution < -0.4 is 0 Å². The number of carbonyl (C=O) groups excluding carboxylic acids is 3. The minimum absolute atomic E-state index is 0.0648. The third kappa shape index (κ3) is 5.64. The van der Waals surface area contributed by atoms with Crippen molar-refractivity contribution in [2.24, 2.45) is 0 Å². The number of esters is 3. The van der Waals surface area contributed by atoms with Gasteiger partial charge in [-0.3, -0.25) is 0 Å². The summed E-state index contributed by atoms with van der Waals surface area (Å²) in [6.07, 6.45) is -3.19. The lowest BCUT2D eigenvalue weighted by atomic mass is 10.1. The predicted molar refractivity (Wildman–Crippen MR) is 117 cm³/mol. The minimum Gasteiger partial charge on any atom is -0.452 e. The molecule has 1 saturated heterocycles. The van der Waals surface area contributed by atoms with Gasteiger partial charge in [-0.15, -0.1) is 0 Å². The Kier molecular flexibility index (Phi) is 7.12. The molecule has 1 aliphatic rings. The number of hydrogen-bond donors (Lipinski definition) is 0. The maximum atomic E-state index is 12.8. The molecule has 33 heavy (non-hydrogen) atoms. The van der Waals surface area contributed by atoms with Crippen LogP contribution >= 0.6 is 0 Å². The van der Waals surface area contributed by atoms with Crippen LogP contribution in [0.1, 0.15) is 31.1 Å². The lowest BCUT2D eigenvalue weighted by Crippen LogP contribution is -2.51. The van der Waals surface area contributed by atoms with E-state index in [2.05, 4.69) is 0 Å². The molecular weight excluding hydrogens is 424 g/mol. The molecule has 3 atom stereocenters. The van der Waals surface area contributed by atoms with Crippen LogP contribution in [0.15, 0.2) is 91.0 Å². The van der Waals surface area contributed by atoms with Crippen molar-refractivity contribution < 1.29 is 33.3 Å². The third-order valence-corrected chi connectivity index (χ3v) is 4.95. The summed E-state index contributed by atoms with van der Waals surface area (Å²) in [7, 11) is 0. The quantitative estimate of drug-likeness (QED) is 0.421. The smallest absolute Gasteiger partial charge is 0.338 e. The van der Waals surface area contributed by atoms with Crippen LogP contribution in [0.25, 0.3) is 0 Å². The highest BCUT2D eigenvalue weighted by atomic mass is 16.6. The zero-order chi connectivity index (χ0) is 23.0. The van der Waals surface area contributed by atoms with E-state index < -0.39 is 36.2 Å². The molecular formula is C26H21O7. The summed E-state index contributed by atoms with van der Waals surface area (Å²) >= 11 is 0. The highest BCUT2D eigenvalue weighted by Crippen LogP contribution is 2.24. The van der Waals surface area contributed by atoms with E-state index in [9.17, 15) is 14.4 Å². The second-order valence-electron chi connectivity index (χ2n) is 7.25. The van der Waals surface area contributed by atoms with E-state index in [-0.39, 0.29) is 6.61 Å². The molecule has 1 heterocycles. The second-order valence-corrected chi connectivity index (χ2v) is 7.25. The molecule has 0 bridgehead atoms. The first-order valence-electron chi connectivity index (χ1n) is 10.3. The molecule has 1 fully saturated rings. The van der Waals surface area contributed by atoms with Gasteiger partial charge in [-0.05, 0) is 36.4 Å². The van der Waals surface area contributed by atoms with Gasteiger partial charge in [0.1, 0.15) is 6.61 Å². The topological polar surface area (TPSA) is 88.1 Å². The summed E-state index contributed by atoms with van der Waals surface area (Å²) in [5, 5.41) is 0. The fraction of sp³-hybridized carbons (Fsp3) is 0.154. The zero-order valence-electron chi connectivity index (χ0n) is 17.5. The predicted octanol–water partition coefficient (Wildman–Crippen LogP) is 3.86. The van der Waals surface area contributed by atoms with Crippen LogP contribution in [0.5, 0.6) is 0 Å². The molecule has 0 unspecified atom stereocenters. The van der Waals surface area contributed by atoms with Gasteiger partial charge in [-0.2, -0.15) is 0 Å². The van der Waals surface area contributed by atoms with E-state index in [4.69, 9.17) is 18.9 Å². The van der Waals surface area contributed by atoms with Crippen LogP contribution in [0.3, 0.4) is 0 Å². The molecule has 0 amide bonds. The molecule has 0 aliphatic carbocycles. The van der Waals surface area contributed by atoms with Crippen LogP contribution in [-0.2, 0) is 18.9 Å². The van der Waals surface area contributed by atoms with Gasteiger partial charge in [0.25, 0.3) is 0 Å². The molecule has 0 spiro atoms. The Balaban J connectivity index is 1.55. The molecule has 7 nitrogen and oxygen atoms in total. The van der Waals surface area contributed by atoms with Crippen LogP contribution in [-0.4, -0.2) is 42.8 Å². The number of rotatable bonds is 6. The van der Waals surface area contributed by atoms with Crippen molar-refractivity contribution in [3.63, 3.8) is 0 Å². The molecule has 7 heteroatoms. The average molecular weight is 445 g/mol. The average Bonchev–Trinajstić information content (AvgIpc) is 2.87. The fourth-order valence-electron chi connectivity index (χ4n) is 3.28. The summed E-state index contributed by atoms with van der Waals surface area (Å²) in [4.78, 5) is 38.0. The highest BCUT2D eigenvalue weighted by molar-refractivity contribution is 5.91. The van der Waals surface area contributed by atoms with E-state index >= 15 is 0 Å². The lowest BCUT2D eigenvalue weighted by Gasteiger charge is -2.35. The SMILES string of the molecule is O=C(O[C@@H]1[C@@H](OC(=O)c2ccccc2)[CH]OC[C@H]1OC(=O)c1ccccc1)c1ccccc1. The first kappa shape index (κ1) is 22.2. The number of carbonyl (C=O) groups is 3. The maximum Gasteiger partial charge on any atom is 0.338 e. The van der Waals surface area contributed by atoms with Gasteiger partial charge in [0, 0.05) is 0 Å². The van der Waals surface area contributed by atoms with E-state index in [1.165, 1.54) is 6.61 Å². The van der Waals surface area contributed by atoms with Crippen LogP contribution in [0.4, 0.5) is 0 Å². The molecule has 3 aromatic carbocycles. The Morgan fingerprint density at radius 1 is 0.606 bits per heavy atom. The van der Waals surface area contributed by atoms with Gasteiger partial charge in [0.15, 0.2) is 18.3 Å². The Bertz CT molecular complexity index is 1020. The summed E-state index contributed by atoms with van der Waals surface area (Å²) in [5.74, 6) is -1.88. The first-order valence-corrected chi connectivity index (χ1v) is 10.3. The Morgan fingerprint density at radius 2 is 1.03 bits per heavy atom. The molecule has 0 saturated carbocycles. The van der Waals surface area contributed by atoms with Crippen molar-refractivity contribution in [2.45, 2.75) is 18.3 Å². The maximum absolute atomic E-state index is 12.8. The van der Waals surface area contributed by atoms with Crippen LogP contribution in [0, 0.1) is 6.61 Å². The third-order valence-electron chi connectivity index (χ3n) is 4.95. The standard InChI is InChI=1S/C26H21O7/c27-24(18-10-4-1-5-11-18)31-21-16-30-17-22(32-25(28)19-12-6-2-7-13-19)23(21)33-26(29)20-14-8-3-9-15-20/h1-16,21-23H,17H2/t21-,22+,23+/m0/s1. The highest BCUT2D eigenvalue weighted by Gasteiger charge is 2.43. The van der Waals surface area contributed by atoms with E-state index in [1.807, 2.05) is 0 Å². The van der Waals surface area contributed by atoms with Gasteiger partial charge in [0.2, 0.25) is 0 Å². The summed E-state index contributed by atoms with van der Waals surface area (Å²) in [6, 6.07) is 25.2. The van der Waals surface area contributed by atoms with Gasteiger partial charge in [-0.1, -0.05) is 54.6 Å². The van der Waals surface area contributed by atoms with Gasteiger partial charge in [-0.25, -0.2) is 14.4 Å². The molecule has 1 aliphatic heterocycles. The molecule has 1 radical (unpaired) electrons. The van der Waals surface area contributed by atoms with Crippen molar-refractivity contribution in [3.8, 4) is 0 Å². The zero-order valence-corrected chi connectivity index (χ0v) is 17.5. The van der Waals surface area contributed by atoms with Gasteiger partial charge < -0.3 is 18.9 Å². The van der Waals surface area contributed by atoms with Crippen molar-refractivity contribution in [1.29, 1.82) is 0 Å². The van der Waals surface area contributed by atoms with Gasteiger partial charge >= 0.3 is 17.9 Å². The lowest BCUT2D eigenvalue weighted by molar-refractivity contribution is -0.136. The second kappa shape index (κ2) is 10.6. The number of benzene rings is 3. The van der Waals surface area contributed by atoms with E-state index in [0.717, 1.165) is 0 Å². The van der Waals surface area contributed by atoms with E-state index in [0.29, 0.717) is 16.7 Å². The Labute approximate surface area is 190 Å². The van der Waals surface area contributed by atoms with E-state index in [1.54, 1.807) is 91.0 Å². The first-order chi connectivity index (χ1) is 16.1. The largest absolute Gasteiger partial charge is 0.452 e. The van der Waals surface area contributed by atoms with Crippen molar-refractivity contribution >= 4 is 17.9 Å². The summed E-state index contributed by atoms with van der Waals surface area (Å²) in [5.41, 5.74) is 0.964. The molecule has 3 aromatic rings. The van der Waals surface area contributed by atoms with Crippen LogP contribution in [0.2, 0.25) is 0 Å². The molecule has 0 aromatic heterocycles. The minimum atomic E-state index is -1.10. The van der Waals surface area contributed by atoms with Crippen molar-refractivity contribution in [2.75, 3.05) is 6.61 Å². The van der Waals surface area contributed by atoms with Gasteiger partial charge in [0.05, 0.1) is 23.3 Å². The van der Waals surface area contributed by atoms with Crippen molar-refractivity contribution in [1.82, 2.24) is 0 Å². The number of hydrogen-bond acceptors (Lipinski definition) is 7.